The molecule has 0 bridgehead atoms. The van der Waals surface area contributed by atoms with Crippen molar-refractivity contribution < 1.29 is 9.53 Å². The highest BCUT2D eigenvalue weighted by Crippen LogP contribution is 2.37. The predicted molar refractivity (Wildman–Crippen MR) is 69.9 cm³/mol. The van der Waals surface area contributed by atoms with E-state index in [9.17, 15) is 4.79 Å². The van der Waals surface area contributed by atoms with Crippen LogP contribution in [0.5, 0.6) is 0 Å². The van der Waals surface area contributed by atoms with Crippen LogP contribution in [0.15, 0.2) is 0 Å². The Morgan fingerprint density at radius 2 is 1.76 bits per heavy atom. The number of ether oxygens (including phenoxy) is 1. The normalized spacial score (nSPS) is 21.3. The van der Waals surface area contributed by atoms with E-state index in [1.54, 1.807) is 7.11 Å². The Balaban J connectivity index is 2.60. The fraction of sp³-hybridized carbons (Fsp3) is 0.929. The molecule has 0 saturated heterocycles. The fourth-order valence-corrected chi connectivity index (χ4v) is 2.45. The minimum atomic E-state index is -0.707. The number of amides is 1. The van der Waals surface area contributed by atoms with Crippen LogP contribution in [0.25, 0.3) is 0 Å². The van der Waals surface area contributed by atoms with Crippen molar-refractivity contribution >= 4 is 5.91 Å². The fourth-order valence-electron chi connectivity index (χ4n) is 2.45. The highest BCUT2D eigenvalue weighted by molar-refractivity contribution is 5.84. The topological polar surface area (TPSA) is 29.5 Å². The van der Waals surface area contributed by atoms with E-state index in [1.165, 1.54) is 12.8 Å². The first-order valence-electron chi connectivity index (χ1n) is 6.52. The maximum absolute atomic E-state index is 12.3. The van der Waals surface area contributed by atoms with Crippen LogP contribution in [0.1, 0.15) is 53.4 Å². The van der Waals surface area contributed by atoms with Gasteiger partial charge in [0.2, 0.25) is 0 Å². The number of hydrogen-bond donors (Lipinski definition) is 0. The summed E-state index contributed by atoms with van der Waals surface area (Å²) in [4.78, 5) is 14.1. The number of methoxy groups -OCH3 is 1. The molecule has 1 aliphatic rings. The molecule has 0 aromatic carbocycles. The molecule has 0 atom stereocenters. The van der Waals surface area contributed by atoms with Gasteiger partial charge in [-0.25, -0.2) is 0 Å². The van der Waals surface area contributed by atoms with E-state index >= 15 is 0 Å². The van der Waals surface area contributed by atoms with Crippen molar-refractivity contribution in [3.05, 3.63) is 0 Å². The first-order chi connectivity index (χ1) is 7.69. The van der Waals surface area contributed by atoms with E-state index in [0.717, 1.165) is 12.8 Å². The van der Waals surface area contributed by atoms with Crippen molar-refractivity contribution in [3.8, 4) is 0 Å². The maximum Gasteiger partial charge on any atom is 0.254 e. The Morgan fingerprint density at radius 1 is 1.29 bits per heavy atom. The minimum absolute atomic E-state index is 0.0877. The van der Waals surface area contributed by atoms with Crippen LogP contribution >= 0.6 is 0 Å². The van der Waals surface area contributed by atoms with Gasteiger partial charge in [0.05, 0.1) is 0 Å². The molecular formula is C14H27NO2. The van der Waals surface area contributed by atoms with Crippen LogP contribution in [0.3, 0.4) is 0 Å². The zero-order valence-electron chi connectivity index (χ0n) is 12.2. The van der Waals surface area contributed by atoms with Gasteiger partial charge in [0.15, 0.2) is 0 Å². The van der Waals surface area contributed by atoms with Gasteiger partial charge >= 0.3 is 0 Å². The maximum atomic E-state index is 12.3. The standard InChI is InChI=1S/C14H27NO2/c1-13(2)9-7-11(8-10-13)15(5)12(16)14(3,4)17-6/h11H,7-10H2,1-6H3. The summed E-state index contributed by atoms with van der Waals surface area (Å²) in [6, 6.07) is 0.380. The Labute approximate surface area is 106 Å². The highest BCUT2D eigenvalue weighted by atomic mass is 16.5. The zero-order chi connectivity index (χ0) is 13.3. The molecule has 0 spiro atoms. The lowest BCUT2D eigenvalue weighted by molar-refractivity contribution is -0.152. The number of rotatable bonds is 3. The van der Waals surface area contributed by atoms with Gasteiger partial charge in [-0.15, -0.1) is 0 Å². The van der Waals surface area contributed by atoms with Crippen LogP contribution in [0.4, 0.5) is 0 Å². The molecule has 3 heteroatoms. The third kappa shape index (κ3) is 3.44. The molecule has 1 saturated carbocycles. The van der Waals surface area contributed by atoms with Crippen molar-refractivity contribution in [3.63, 3.8) is 0 Å². The van der Waals surface area contributed by atoms with Crippen molar-refractivity contribution in [2.45, 2.75) is 65.0 Å². The molecule has 0 aromatic heterocycles. The van der Waals surface area contributed by atoms with Gasteiger partial charge in [0.1, 0.15) is 5.60 Å². The zero-order valence-corrected chi connectivity index (χ0v) is 12.2. The molecule has 0 unspecified atom stereocenters. The summed E-state index contributed by atoms with van der Waals surface area (Å²) in [6.45, 7) is 8.28. The second-order valence-corrected chi connectivity index (χ2v) is 6.53. The average Bonchev–Trinajstić information content (AvgIpc) is 2.27. The number of hydrogen-bond acceptors (Lipinski definition) is 2. The number of likely N-dealkylation sites (N-methyl/N-ethyl adjacent to an activating group) is 1. The average molecular weight is 241 g/mol. The smallest absolute Gasteiger partial charge is 0.254 e. The number of nitrogens with zero attached hydrogens (tertiary/aromatic N) is 1. The van der Waals surface area contributed by atoms with Crippen molar-refractivity contribution in [1.29, 1.82) is 0 Å². The second kappa shape index (κ2) is 4.97. The van der Waals surface area contributed by atoms with Crippen LogP contribution in [-0.4, -0.2) is 36.6 Å². The third-order valence-electron chi connectivity index (χ3n) is 4.20. The third-order valence-corrected chi connectivity index (χ3v) is 4.20. The lowest BCUT2D eigenvalue weighted by Gasteiger charge is -2.40. The van der Waals surface area contributed by atoms with Gasteiger partial charge in [-0.2, -0.15) is 0 Å². The van der Waals surface area contributed by atoms with Crippen molar-refractivity contribution in [2.24, 2.45) is 5.41 Å². The van der Waals surface area contributed by atoms with E-state index in [4.69, 9.17) is 4.74 Å². The second-order valence-electron chi connectivity index (χ2n) is 6.53. The molecule has 0 aromatic rings. The highest BCUT2D eigenvalue weighted by Gasteiger charge is 2.36. The molecule has 0 N–H and O–H groups in total. The molecular weight excluding hydrogens is 214 g/mol. The Bertz CT molecular complexity index is 274. The Hall–Kier alpha value is -0.570. The summed E-state index contributed by atoms with van der Waals surface area (Å²) in [6.07, 6.45) is 4.61. The molecule has 0 heterocycles. The van der Waals surface area contributed by atoms with Crippen molar-refractivity contribution in [2.75, 3.05) is 14.2 Å². The molecule has 1 aliphatic carbocycles. The quantitative estimate of drug-likeness (QED) is 0.760. The lowest BCUT2D eigenvalue weighted by Crippen LogP contribution is -2.50. The van der Waals surface area contributed by atoms with E-state index in [-0.39, 0.29) is 5.91 Å². The van der Waals surface area contributed by atoms with Gasteiger partial charge in [-0.05, 0) is 44.9 Å². The summed E-state index contributed by atoms with van der Waals surface area (Å²) in [7, 11) is 3.50. The van der Waals surface area contributed by atoms with Crippen LogP contribution < -0.4 is 0 Å². The van der Waals surface area contributed by atoms with E-state index in [1.807, 2.05) is 25.8 Å². The molecule has 0 radical (unpaired) electrons. The van der Waals surface area contributed by atoms with Gasteiger partial charge in [-0.3, -0.25) is 4.79 Å². The van der Waals surface area contributed by atoms with E-state index < -0.39 is 5.60 Å². The molecule has 17 heavy (non-hydrogen) atoms. The number of carbonyl (C=O) groups is 1. The summed E-state index contributed by atoms with van der Waals surface area (Å²) in [5, 5.41) is 0. The molecule has 100 valence electrons. The van der Waals surface area contributed by atoms with E-state index in [2.05, 4.69) is 13.8 Å². The SMILES string of the molecule is COC(C)(C)C(=O)N(C)C1CCC(C)(C)CC1. The summed E-state index contributed by atoms with van der Waals surface area (Å²) < 4.78 is 5.26. The molecule has 0 aliphatic heterocycles. The summed E-state index contributed by atoms with van der Waals surface area (Å²) in [5.41, 5.74) is -0.265. The Morgan fingerprint density at radius 3 is 2.18 bits per heavy atom. The molecule has 1 rings (SSSR count). The van der Waals surface area contributed by atoms with Crippen LogP contribution in [-0.2, 0) is 9.53 Å². The van der Waals surface area contributed by atoms with Crippen LogP contribution in [0.2, 0.25) is 0 Å². The monoisotopic (exact) mass is 241 g/mol. The number of carbonyl (C=O) groups excluding carboxylic acids is 1. The first kappa shape index (κ1) is 14.5. The Kier molecular flexibility index (Phi) is 4.23. The minimum Gasteiger partial charge on any atom is -0.369 e. The first-order valence-corrected chi connectivity index (χ1v) is 6.52. The summed E-state index contributed by atoms with van der Waals surface area (Å²) in [5.74, 6) is 0.0877. The van der Waals surface area contributed by atoms with Crippen molar-refractivity contribution in [1.82, 2.24) is 4.90 Å². The predicted octanol–water partition coefficient (Wildman–Crippen LogP) is 2.84. The van der Waals surface area contributed by atoms with Gasteiger partial charge in [0.25, 0.3) is 5.91 Å². The largest absolute Gasteiger partial charge is 0.369 e. The molecule has 3 nitrogen and oxygen atoms in total. The van der Waals surface area contributed by atoms with Gasteiger partial charge in [0, 0.05) is 20.2 Å². The lowest BCUT2D eigenvalue weighted by atomic mass is 9.75. The van der Waals surface area contributed by atoms with E-state index in [0.29, 0.717) is 11.5 Å². The molecule has 1 fully saturated rings. The van der Waals surface area contributed by atoms with Gasteiger partial charge in [-0.1, -0.05) is 13.8 Å². The van der Waals surface area contributed by atoms with Crippen LogP contribution in [0, 0.1) is 5.41 Å². The molecule has 1 amide bonds. The summed E-state index contributed by atoms with van der Waals surface area (Å²) >= 11 is 0. The van der Waals surface area contributed by atoms with Gasteiger partial charge < -0.3 is 9.64 Å².